The number of hydrogen-bond acceptors (Lipinski definition) is 4. The molecular weight excluding hydrogens is 300 g/mol. The SMILES string of the molecule is O=C1CCC(C(=O)N(CCc2cccs2)C2CCOCC2)N1. The van der Waals surface area contributed by atoms with Crippen molar-refractivity contribution in [3.63, 3.8) is 0 Å². The number of rotatable bonds is 5. The Morgan fingerprint density at radius 1 is 1.36 bits per heavy atom. The van der Waals surface area contributed by atoms with Crippen LogP contribution in [-0.2, 0) is 20.7 Å². The van der Waals surface area contributed by atoms with Crippen molar-refractivity contribution in [2.75, 3.05) is 19.8 Å². The third-order valence-corrected chi connectivity index (χ3v) is 5.32. The van der Waals surface area contributed by atoms with Crippen molar-refractivity contribution in [1.29, 1.82) is 0 Å². The number of carbonyl (C=O) groups excluding carboxylic acids is 2. The van der Waals surface area contributed by atoms with Crippen LogP contribution in [0, 0.1) is 0 Å². The molecule has 5 nitrogen and oxygen atoms in total. The van der Waals surface area contributed by atoms with Gasteiger partial charge >= 0.3 is 0 Å². The average Bonchev–Trinajstić information content (AvgIpc) is 3.20. The van der Waals surface area contributed by atoms with Gasteiger partial charge in [-0.1, -0.05) is 6.07 Å². The van der Waals surface area contributed by atoms with Crippen LogP contribution in [-0.4, -0.2) is 48.6 Å². The lowest BCUT2D eigenvalue weighted by molar-refractivity contribution is -0.138. The van der Waals surface area contributed by atoms with Crippen LogP contribution in [0.4, 0.5) is 0 Å². The first-order valence-electron chi connectivity index (χ1n) is 7.94. The zero-order chi connectivity index (χ0) is 15.4. The van der Waals surface area contributed by atoms with Gasteiger partial charge in [0.15, 0.2) is 0 Å². The summed E-state index contributed by atoms with van der Waals surface area (Å²) in [4.78, 5) is 27.5. The maximum Gasteiger partial charge on any atom is 0.245 e. The Kier molecular flexibility index (Phi) is 5.10. The van der Waals surface area contributed by atoms with E-state index in [-0.39, 0.29) is 23.9 Å². The number of carbonyl (C=O) groups is 2. The van der Waals surface area contributed by atoms with Crippen LogP contribution in [0.2, 0.25) is 0 Å². The van der Waals surface area contributed by atoms with Crippen LogP contribution in [0.5, 0.6) is 0 Å². The summed E-state index contributed by atoms with van der Waals surface area (Å²) in [7, 11) is 0. The first kappa shape index (κ1) is 15.5. The molecular formula is C16H22N2O3S. The van der Waals surface area contributed by atoms with Gasteiger partial charge in [0.05, 0.1) is 0 Å². The monoisotopic (exact) mass is 322 g/mol. The van der Waals surface area contributed by atoms with Crippen molar-refractivity contribution in [3.05, 3.63) is 22.4 Å². The van der Waals surface area contributed by atoms with E-state index in [0.717, 1.165) is 25.8 Å². The van der Waals surface area contributed by atoms with Gasteiger partial charge < -0.3 is 15.0 Å². The van der Waals surface area contributed by atoms with Crippen LogP contribution in [0.15, 0.2) is 17.5 Å². The zero-order valence-corrected chi connectivity index (χ0v) is 13.4. The molecule has 2 amide bonds. The molecule has 2 fully saturated rings. The molecule has 0 radical (unpaired) electrons. The number of amides is 2. The molecule has 2 aliphatic heterocycles. The third-order valence-electron chi connectivity index (χ3n) is 4.39. The molecule has 0 aliphatic carbocycles. The van der Waals surface area contributed by atoms with Gasteiger partial charge in [-0.2, -0.15) is 0 Å². The Balaban J connectivity index is 1.66. The normalized spacial score (nSPS) is 22.5. The number of nitrogens with zero attached hydrogens (tertiary/aromatic N) is 1. The second-order valence-electron chi connectivity index (χ2n) is 5.86. The molecule has 1 aromatic rings. The molecule has 1 aromatic heterocycles. The first-order chi connectivity index (χ1) is 10.7. The molecule has 2 aliphatic rings. The fourth-order valence-corrected chi connectivity index (χ4v) is 3.85. The fraction of sp³-hybridized carbons (Fsp3) is 0.625. The molecule has 1 atom stereocenters. The summed E-state index contributed by atoms with van der Waals surface area (Å²) in [6.45, 7) is 2.14. The quantitative estimate of drug-likeness (QED) is 0.895. The summed E-state index contributed by atoms with van der Waals surface area (Å²) >= 11 is 1.72. The summed E-state index contributed by atoms with van der Waals surface area (Å²) in [5.74, 6) is 0.0674. The third kappa shape index (κ3) is 3.67. The fourth-order valence-electron chi connectivity index (χ4n) is 3.15. The van der Waals surface area contributed by atoms with E-state index in [1.165, 1.54) is 4.88 Å². The van der Waals surface area contributed by atoms with Gasteiger partial charge in [-0.05, 0) is 37.1 Å². The highest BCUT2D eigenvalue weighted by molar-refractivity contribution is 7.09. The van der Waals surface area contributed by atoms with E-state index in [1.54, 1.807) is 11.3 Å². The van der Waals surface area contributed by atoms with E-state index < -0.39 is 0 Å². The van der Waals surface area contributed by atoms with E-state index in [2.05, 4.69) is 16.8 Å². The van der Waals surface area contributed by atoms with E-state index in [9.17, 15) is 9.59 Å². The van der Waals surface area contributed by atoms with Gasteiger partial charge in [0.25, 0.3) is 0 Å². The summed E-state index contributed by atoms with van der Waals surface area (Å²) < 4.78 is 5.42. The van der Waals surface area contributed by atoms with Crippen LogP contribution < -0.4 is 5.32 Å². The summed E-state index contributed by atoms with van der Waals surface area (Å²) in [6.07, 6.45) is 3.73. The number of thiophene rings is 1. The van der Waals surface area contributed by atoms with Crippen molar-refractivity contribution >= 4 is 23.2 Å². The van der Waals surface area contributed by atoms with Crippen molar-refractivity contribution in [2.45, 2.75) is 44.2 Å². The van der Waals surface area contributed by atoms with E-state index in [1.807, 2.05) is 11.0 Å². The Labute approximate surface area is 134 Å². The molecule has 120 valence electrons. The predicted molar refractivity (Wildman–Crippen MR) is 84.7 cm³/mol. The van der Waals surface area contributed by atoms with Crippen LogP contribution >= 0.6 is 11.3 Å². The molecule has 1 N–H and O–H groups in total. The summed E-state index contributed by atoms with van der Waals surface area (Å²) in [5.41, 5.74) is 0. The average molecular weight is 322 g/mol. The predicted octanol–water partition coefficient (Wildman–Crippen LogP) is 1.58. The molecule has 2 saturated heterocycles. The van der Waals surface area contributed by atoms with Crippen molar-refractivity contribution < 1.29 is 14.3 Å². The maximum atomic E-state index is 12.8. The lowest BCUT2D eigenvalue weighted by Crippen LogP contribution is -2.51. The van der Waals surface area contributed by atoms with Gasteiger partial charge in [0.2, 0.25) is 11.8 Å². The van der Waals surface area contributed by atoms with E-state index in [4.69, 9.17) is 4.74 Å². The van der Waals surface area contributed by atoms with Crippen LogP contribution in [0.1, 0.15) is 30.6 Å². The van der Waals surface area contributed by atoms with Gasteiger partial charge in [-0.25, -0.2) is 0 Å². The second-order valence-corrected chi connectivity index (χ2v) is 6.90. The molecule has 6 heteroatoms. The van der Waals surface area contributed by atoms with Crippen molar-refractivity contribution in [3.8, 4) is 0 Å². The van der Waals surface area contributed by atoms with Gasteiger partial charge in [0.1, 0.15) is 6.04 Å². The van der Waals surface area contributed by atoms with Gasteiger partial charge in [-0.3, -0.25) is 9.59 Å². The summed E-state index contributed by atoms with van der Waals surface area (Å²) in [6, 6.07) is 4.05. The minimum atomic E-state index is -0.335. The Morgan fingerprint density at radius 3 is 2.82 bits per heavy atom. The highest BCUT2D eigenvalue weighted by atomic mass is 32.1. The smallest absolute Gasteiger partial charge is 0.245 e. The highest BCUT2D eigenvalue weighted by Gasteiger charge is 2.34. The molecule has 0 aromatic carbocycles. The number of nitrogens with one attached hydrogen (secondary N) is 1. The molecule has 1 unspecified atom stereocenters. The molecule has 0 bridgehead atoms. The standard InChI is InChI=1S/C16H22N2O3S/c19-15-4-3-14(17-15)16(20)18(12-6-9-21-10-7-12)8-5-13-2-1-11-22-13/h1-2,11-12,14H,3-10H2,(H,17,19). The molecule has 22 heavy (non-hydrogen) atoms. The lowest BCUT2D eigenvalue weighted by atomic mass is 10.0. The van der Waals surface area contributed by atoms with E-state index in [0.29, 0.717) is 26.1 Å². The van der Waals surface area contributed by atoms with Gasteiger partial charge in [-0.15, -0.1) is 11.3 Å². The molecule has 3 heterocycles. The first-order valence-corrected chi connectivity index (χ1v) is 8.82. The Hall–Kier alpha value is -1.40. The Bertz CT molecular complexity index is 511. The van der Waals surface area contributed by atoms with E-state index >= 15 is 0 Å². The van der Waals surface area contributed by atoms with Crippen molar-refractivity contribution in [2.24, 2.45) is 0 Å². The largest absolute Gasteiger partial charge is 0.381 e. The molecule has 3 rings (SSSR count). The van der Waals surface area contributed by atoms with Crippen LogP contribution in [0.3, 0.4) is 0 Å². The Morgan fingerprint density at radius 2 is 2.18 bits per heavy atom. The number of hydrogen-bond donors (Lipinski definition) is 1. The molecule has 0 saturated carbocycles. The lowest BCUT2D eigenvalue weighted by Gasteiger charge is -2.35. The number of ether oxygens (including phenoxy) is 1. The van der Waals surface area contributed by atoms with Crippen LogP contribution in [0.25, 0.3) is 0 Å². The topological polar surface area (TPSA) is 58.6 Å². The summed E-state index contributed by atoms with van der Waals surface area (Å²) in [5, 5.41) is 4.87. The zero-order valence-electron chi connectivity index (χ0n) is 12.6. The maximum absolute atomic E-state index is 12.8. The highest BCUT2D eigenvalue weighted by Crippen LogP contribution is 2.20. The van der Waals surface area contributed by atoms with Gasteiger partial charge in [0, 0.05) is 37.1 Å². The second kappa shape index (κ2) is 7.24. The minimum Gasteiger partial charge on any atom is -0.381 e. The molecule has 0 spiro atoms. The van der Waals surface area contributed by atoms with Crippen molar-refractivity contribution in [1.82, 2.24) is 10.2 Å². The minimum absolute atomic E-state index is 0.0106.